The summed E-state index contributed by atoms with van der Waals surface area (Å²) in [6.45, 7) is 0. The topological polar surface area (TPSA) is 92.0 Å². The largest absolute Gasteiger partial charge is 0.422 e. The van der Waals surface area contributed by atoms with Crippen molar-refractivity contribution >= 4 is 32.6 Å². The second kappa shape index (κ2) is 5.80. The monoisotopic (exact) mass is 393 g/mol. The Kier molecular flexibility index (Phi) is 3.59. The van der Waals surface area contributed by atoms with Crippen molar-refractivity contribution in [2.24, 2.45) is 5.73 Å². The highest BCUT2D eigenvalue weighted by atomic mass is 79.9. The van der Waals surface area contributed by atoms with Crippen molar-refractivity contribution < 1.29 is 4.42 Å². The zero-order valence-corrected chi connectivity index (χ0v) is 14.5. The molecule has 4 rings (SSSR count). The van der Waals surface area contributed by atoms with Gasteiger partial charge in [-0.3, -0.25) is 0 Å². The van der Waals surface area contributed by atoms with Crippen molar-refractivity contribution in [1.82, 2.24) is 0 Å². The first-order valence-corrected chi connectivity index (χ1v) is 8.37. The summed E-state index contributed by atoms with van der Waals surface area (Å²) in [6.07, 6.45) is 0. The summed E-state index contributed by atoms with van der Waals surface area (Å²) >= 11 is 3.40. The number of anilines is 1. The molecule has 6 heteroatoms. The van der Waals surface area contributed by atoms with E-state index in [0.717, 1.165) is 15.4 Å². The molecular formula is C19H12BrN3O2. The lowest BCUT2D eigenvalue weighted by atomic mass is 9.82. The van der Waals surface area contributed by atoms with Gasteiger partial charge in [0.05, 0.1) is 28.8 Å². The molecule has 0 radical (unpaired) electrons. The van der Waals surface area contributed by atoms with Gasteiger partial charge in [-0.15, -0.1) is 0 Å². The van der Waals surface area contributed by atoms with Crippen molar-refractivity contribution in [3.05, 3.63) is 85.9 Å². The molecule has 1 unspecified atom stereocenters. The van der Waals surface area contributed by atoms with Crippen LogP contribution >= 0.6 is 15.9 Å². The maximum Gasteiger partial charge on any atom is 0.342 e. The van der Waals surface area contributed by atoms with E-state index in [1.165, 1.54) is 0 Å². The minimum Gasteiger partial charge on any atom is -0.422 e. The van der Waals surface area contributed by atoms with Crippen LogP contribution in [0.3, 0.4) is 0 Å². The average Bonchev–Trinajstić information content (AvgIpc) is 2.61. The number of para-hydroxylation sites is 1. The molecule has 0 amide bonds. The first-order chi connectivity index (χ1) is 12.1. The maximum atomic E-state index is 12.7. The Morgan fingerprint density at radius 3 is 2.60 bits per heavy atom. The molecule has 3 N–H and O–H groups in total. The predicted molar refractivity (Wildman–Crippen MR) is 98.9 cm³/mol. The number of fused-ring (bicyclic) bond motifs is 3. The smallest absolute Gasteiger partial charge is 0.342 e. The summed E-state index contributed by atoms with van der Waals surface area (Å²) < 4.78 is 6.39. The van der Waals surface area contributed by atoms with Crippen LogP contribution in [-0.4, -0.2) is 0 Å². The van der Waals surface area contributed by atoms with Crippen LogP contribution in [0.5, 0.6) is 0 Å². The molecule has 3 aromatic rings. The van der Waals surface area contributed by atoms with Gasteiger partial charge in [0.15, 0.2) is 0 Å². The van der Waals surface area contributed by atoms with Gasteiger partial charge in [-0.05, 0) is 29.8 Å². The second-order valence-electron chi connectivity index (χ2n) is 5.72. The quantitative estimate of drug-likeness (QED) is 0.613. The lowest BCUT2D eigenvalue weighted by Gasteiger charge is -2.27. The molecule has 5 nitrogen and oxygen atoms in total. The van der Waals surface area contributed by atoms with Gasteiger partial charge in [-0.1, -0.05) is 40.2 Å². The normalized spacial score (nSPS) is 16.2. The lowest BCUT2D eigenvalue weighted by Crippen LogP contribution is -2.28. The molecule has 2 aromatic carbocycles. The third-order valence-electron chi connectivity index (χ3n) is 4.30. The minimum atomic E-state index is -0.574. The number of benzene rings is 2. The van der Waals surface area contributed by atoms with Gasteiger partial charge >= 0.3 is 5.63 Å². The number of nitrogens with two attached hydrogens (primary N) is 1. The van der Waals surface area contributed by atoms with Gasteiger partial charge in [0.2, 0.25) is 0 Å². The van der Waals surface area contributed by atoms with Crippen molar-refractivity contribution in [3.8, 4) is 6.07 Å². The highest BCUT2D eigenvalue weighted by Gasteiger charge is 2.33. The van der Waals surface area contributed by atoms with Crippen LogP contribution in [0.2, 0.25) is 0 Å². The third kappa shape index (κ3) is 2.41. The number of nitriles is 1. The first-order valence-electron chi connectivity index (χ1n) is 7.58. The summed E-state index contributed by atoms with van der Waals surface area (Å²) in [4.78, 5) is 12.7. The highest BCUT2D eigenvalue weighted by Crippen LogP contribution is 2.41. The van der Waals surface area contributed by atoms with Crippen LogP contribution in [0.15, 0.2) is 73.6 Å². The van der Waals surface area contributed by atoms with Crippen LogP contribution in [0, 0.1) is 11.3 Å². The van der Waals surface area contributed by atoms with E-state index in [9.17, 15) is 10.1 Å². The fourth-order valence-electron chi connectivity index (χ4n) is 3.18. The molecule has 0 aliphatic carbocycles. The van der Waals surface area contributed by atoms with Gasteiger partial charge in [-0.2, -0.15) is 5.26 Å². The summed E-state index contributed by atoms with van der Waals surface area (Å²) in [5.41, 5.74) is 8.19. The van der Waals surface area contributed by atoms with Crippen LogP contribution in [0.25, 0.3) is 11.0 Å². The zero-order chi connectivity index (χ0) is 17.6. The molecular weight excluding hydrogens is 382 g/mol. The number of allylic oxidation sites excluding steroid dienone is 1. The van der Waals surface area contributed by atoms with Crippen LogP contribution in [-0.2, 0) is 0 Å². The average molecular weight is 394 g/mol. The molecule has 0 bridgehead atoms. The van der Waals surface area contributed by atoms with Gasteiger partial charge in [0.25, 0.3) is 0 Å². The number of nitrogens with one attached hydrogen (secondary N) is 1. The summed E-state index contributed by atoms with van der Waals surface area (Å²) in [5.74, 6) is -0.325. The molecule has 25 heavy (non-hydrogen) atoms. The van der Waals surface area contributed by atoms with E-state index in [1.54, 1.807) is 12.1 Å². The maximum absolute atomic E-state index is 12.7. The Morgan fingerprint density at radius 1 is 1.16 bits per heavy atom. The Morgan fingerprint density at radius 2 is 1.88 bits per heavy atom. The number of rotatable bonds is 1. The Balaban J connectivity index is 2.08. The fourth-order valence-corrected chi connectivity index (χ4v) is 3.44. The van der Waals surface area contributed by atoms with Crippen molar-refractivity contribution in [1.29, 1.82) is 5.26 Å². The number of hydrogen-bond acceptors (Lipinski definition) is 5. The van der Waals surface area contributed by atoms with Crippen molar-refractivity contribution in [2.75, 3.05) is 5.32 Å². The standard InChI is InChI=1S/C19H12BrN3O2/c20-11-7-5-10(6-8-11)15-13(9-21)18(22)23-17-12-3-1-2-4-14(12)25-19(24)16(15)17/h1-8,15,23H,22H2. The zero-order valence-electron chi connectivity index (χ0n) is 12.9. The molecule has 122 valence electrons. The van der Waals surface area contributed by atoms with Gasteiger partial charge in [0.1, 0.15) is 11.4 Å². The van der Waals surface area contributed by atoms with E-state index in [0.29, 0.717) is 22.4 Å². The van der Waals surface area contributed by atoms with Gasteiger partial charge in [0, 0.05) is 9.86 Å². The molecule has 1 aliphatic heterocycles. The van der Waals surface area contributed by atoms with E-state index in [2.05, 4.69) is 27.3 Å². The van der Waals surface area contributed by atoms with Crippen LogP contribution in [0.4, 0.5) is 5.69 Å². The number of hydrogen-bond donors (Lipinski definition) is 2. The van der Waals surface area contributed by atoms with E-state index in [4.69, 9.17) is 10.2 Å². The molecule has 1 aliphatic rings. The predicted octanol–water partition coefficient (Wildman–Crippen LogP) is 3.81. The van der Waals surface area contributed by atoms with E-state index in [-0.39, 0.29) is 5.82 Å². The lowest BCUT2D eigenvalue weighted by molar-refractivity contribution is 0.548. The SMILES string of the molecule is N#CC1=C(N)Nc2c(c(=O)oc3ccccc23)C1c1ccc(Br)cc1. The Labute approximate surface area is 151 Å². The molecule has 0 saturated carbocycles. The highest BCUT2D eigenvalue weighted by molar-refractivity contribution is 9.10. The van der Waals surface area contributed by atoms with E-state index < -0.39 is 11.5 Å². The Bertz CT molecular complexity index is 1120. The number of halogens is 1. The molecule has 2 heterocycles. The fraction of sp³-hybridized carbons (Fsp3) is 0.0526. The minimum absolute atomic E-state index is 0.249. The molecule has 0 spiro atoms. The van der Waals surface area contributed by atoms with Gasteiger partial charge < -0.3 is 15.5 Å². The van der Waals surface area contributed by atoms with Crippen LogP contribution in [0.1, 0.15) is 17.0 Å². The Hall–Kier alpha value is -3.04. The molecule has 0 saturated heterocycles. The molecule has 0 fully saturated rings. The summed E-state index contributed by atoms with van der Waals surface area (Å²) in [7, 11) is 0. The second-order valence-corrected chi connectivity index (χ2v) is 6.64. The third-order valence-corrected chi connectivity index (χ3v) is 4.83. The van der Waals surface area contributed by atoms with Gasteiger partial charge in [-0.25, -0.2) is 4.79 Å². The number of nitrogens with zero attached hydrogens (tertiary/aromatic N) is 1. The summed E-state index contributed by atoms with van der Waals surface area (Å²) in [5, 5.41) is 13.4. The molecule has 1 aromatic heterocycles. The summed E-state index contributed by atoms with van der Waals surface area (Å²) in [6, 6.07) is 16.8. The van der Waals surface area contributed by atoms with E-state index in [1.807, 2.05) is 36.4 Å². The first kappa shape index (κ1) is 15.5. The van der Waals surface area contributed by atoms with Crippen molar-refractivity contribution in [2.45, 2.75) is 5.92 Å². The van der Waals surface area contributed by atoms with Crippen LogP contribution < -0.4 is 16.7 Å². The van der Waals surface area contributed by atoms with Crippen molar-refractivity contribution in [3.63, 3.8) is 0 Å². The van der Waals surface area contributed by atoms with E-state index >= 15 is 0 Å². The molecule has 1 atom stereocenters.